The molecule has 0 aromatic carbocycles. The van der Waals surface area contributed by atoms with Crippen molar-refractivity contribution in [3.63, 3.8) is 0 Å². The average molecular weight is 402 g/mol. The van der Waals surface area contributed by atoms with Crippen LogP contribution in [-0.2, 0) is 19.1 Å². The van der Waals surface area contributed by atoms with E-state index in [4.69, 9.17) is 9.47 Å². The lowest BCUT2D eigenvalue weighted by molar-refractivity contribution is -0.180. The maximum atomic E-state index is 12.2. The quantitative estimate of drug-likeness (QED) is 0.377. The van der Waals surface area contributed by atoms with Crippen molar-refractivity contribution in [1.29, 1.82) is 0 Å². The largest absolute Gasteiger partial charge is 0.458 e. The summed E-state index contributed by atoms with van der Waals surface area (Å²) in [6.07, 6.45) is -1.13. The Kier molecular flexibility index (Phi) is 9.07. The van der Waals surface area contributed by atoms with E-state index in [1.54, 1.807) is 0 Å². The van der Waals surface area contributed by atoms with Crippen LogP contribution in [0.5, 0.6) is 0 Å². The monoisotopic (exact) mass is 402 g/mol. The first-order chi connectivity index (χ1) is 12.9. The molecule has 0 aromatic heterocycles. The number of cyclic esters (lactones) is 1. The third-order valence-corrected chi connectivity index (χ3v) is 5.38. The molecule has 0 spiro atoms. The van der Waals surface area contributed by atoms with Crippen LogP contribution in [0.4, 0.5) is 0 Å². The van der Waals surface area contributed by atoms with Crippen LogP contribution in [0.2, 0.25) is 0 Å². The molecule has 1 saturated heterocycles. The maximum Gasteiger partial charge on any atom is 0.330 e. The molecule has 8 nitrogen and oxygen atoms in total. The minimum absolute atomic E-state index is 0.519. The number of carbonyl (C=O) groups excluding carboxylic acids is 2. The molecule has 28 heavy (non-hydrogen) atoms. The Hall–Kier alpha value is -1.48. The molecule has 162 valence electrons. The number of hydrogen-bond donors (Lipinski definition) is 4. The van der Waals surface area contributed by atoms with Crippen molar-refractivity contribution in [2.75, 3.05) is 0 Å². The van der Waals surface area contributed by atoms with Crippen molar-refractivity contribution in [1.82, 2.24) is 0 Å². The van der Waals surface area contributed by atoms with E-state index >= 15 is 0 Å². The summed E-state index contributed by atoms with van der Waals surface area (Å²) in [5.74, 6) is -3.47. The topological polar surface area (TPSA) is 134 Å². The van der Waals surface area contributed by atoms with Gasteiger partial charge in [0.05, 0.1) is 24.2 Å². The van der Waals surface area contributed by atoms with E-state index in [2.05, 4.69) is 0 Å². The summed E-state index contributed by atoms with van der Waals surface area (Å²) in [5.41, 5.74) is -2.02. The molecule has 0 bridgehead atoms. The van der Waals surface area contributed by atoms with Crippen molar-refractivity contribution in [2.24, 2.45) is 11.8 Å². The molecule has 0 unspecified atom stereocenters. The van der Waals surface area contributed by atoms with Crippen LogP contribution in [-0.4, -0.2) is 68.5 Å². The third-order valence-electron chi connectivity index (χ3n) is 5.38. The summed E-state index contributed by atoms with van der Waals surface area (Å²) in [6.45, 7) is 7.64. The zero-order valence-electron chi connectivity index (χ0n) is 17.2. The molecule has 1 fully saturated rings. The highest BCUT2D eigenvalue weighted by Crippen LogP contribution is 2.32. The van der Waals surface area contributed by atoms with Gasteiger partial charge >= 0.3 is 11.9 Å². The van der Waals surface area contributed by atoms with Crippen molar-refractivity contribution >= 4 is 11.9 Å². The fraction of sp³-hybridized carbons (Fsp3) is 0.800. The van der Waals surface area contributed by atoms with Gasteiger partial charge in [0.1, 0.15) is 17.8 Å². The van der Waals surface area contributed by atoms with Crippen LogP contribution in [0.3, 0.4) is 0 Å². The Bertz CT molecular complexity index is 558. The number of ether oxygens (including phenoxy) is 2. The molecular weight excluding hydrogens is 368 g/mol. The van der Waals surface area contributed by atoms with E-state index in [-0.39, 0.29) is 0 Å². The van der Waals surface area contributed by atoms with E-state index < -0.39 is 59.9 Å². The van der Waals surface area contributed by atoms with Gasteiger partial charge in [-0.25, -0.2) is 4.79 Å². The molecular formula is C20H34O8. The molecule has 0 radical (unpaired) electrons. The predicted molar refractivity (Wildman–Crippen MR) is 101 cm³/mol. The van der Waals surface area contributed by atoms with E-state index in [1.165, 1.54) is 33.8 Å². The molecule has 4 N–H and O–H groups in total. The maximum absolute atomic E-state index is 12.2. The van der Waals surface area contributed by atoms with Gasteiger partial charge in [-0.15, -0.1) is 0 Å². The number of aliphatic hydroxyl groups excluding tert-OH is 3. The Morgan fingerprint density at radius 3 is 2.46 bits per heavy atom. The standard InChI is InChI=1S/C20H34O8/c1-6-7-8-14(21)9-10-15(22)28-16-11(2)17(23)20(5,26)18(24)12(3)19(25)27-13(16)4/h9-14,16-18,21,23-24,26H,6-8H2,1-5H3/b10-9+/t11-,12-,13+,14-,16-,17+,18-,20-/m1/s1. The van der Waals surface area contributed by atoms with Gasteiger partial charge < -0.3 is 29.9 Å². The number of esters is 2. The second kappa shape index (κ2) is 10.3. The summed E-state index contributed by atoms with van der Waals surface area (Å²) >= 11 is 0. The second-order valence-electron chi connectivity index (χ2n) is 7.88. The number of aliphatic hydroxyl groups is 4. The summed E-state index contributed by atoms with van der Waals surface area (Å²) in [7, 11) is 0. The fourth-order valence-corrected chi connectivity index (χ4v) is 3.38. The molecule has 1 rings (SSSR count). The highest BCUT2D eigenvalue weighted by Gasteiger charge is 2.50. The van der Waals surface area contributed by atoms with E-state index in [0.29, 0.717) is 6.42 Å². The lowest BCUT2D eigenvalue weighted by atomic mass is 9.78. The average Bonchev–Trinajstić information content (AvgIpc) is 2.66. The molecule has 0 amide bonds. The SMILES string of the molecule is CCCC[C@@H](O)/C=C/C(=O)O[C@@H]1[C@@H](C)[C@H](O)[C@@](C)(O)[C@H](O)[C@@H](C)C(=O)O[C@H]1C. The van der Waals surface area contributed by atoms with Crippen LogP contribution in [0.15, 0.2) is 12.2 Å². The third kappa shape index (κ3) is 6.01. The van der Waals surface area contributed by atoms with Gasteiger partial charge in [0.15, 0.2) is 0 Å². The van der Waals surface area contributed by atoms with Gasteiger partial charge in [0, 0.05) is 12.0 Å². The Balaban J connectivity index is 3.00. The van der Waals surface area contributed by atoms with Crippen molar-refractivity contribution < 1.29 is 39.5 Å². The van der Waals surface area contributed by atoms with Crippen molar-refractivity contribution in [2.45, 2.75) is 90.0 Å². The smallest absolute Gasteiger partial charge is 0.330 e. The Morgan fingerprint density at radius 1 is 1.29 bits per heavy atom. The molecule has 0 aliphatic carbocycles. The fourth-order valence-electron chi connectivity index (χ4n) is 3.38. The lowest BCUT2D eigenvalue weighted by Crippen LogP contribution is -2.57. The first-order valence-electron chi connectivity index (χ1n) is 9.79. The van der Waals surface area contributed by atoms with Gasteiger partial charge in [0.2, 0.25) is 0 Å². The molecule has 1 aliphatic rings. The minimum Gasteiger partial charge on any atom is -0.458 e. The van der Waals surface area contributed by atoms with Crippen molar-refractivity contribution in [3.05, 3.63) is 12.2 Å². The molecule has 1 aliphatic heterocycles. The highest BCUT2D eigenvalue weighted by molar-refractivity contribution is 5.82. The molecule has 0 saturated carbocycles. The van der Waals surface area contributed by atoms with E-state index in [1.807, 2.05) is 6.92 Å². The first-order valence-corrected chi connectivity index (χ1v) is 9.79. The van der Waals surface area contributed by atoms with Gasteiger partial charge in [-0.3, -0.25) is 4.79 Å². The van der Waals surface area contributed by atoms with Crippen LogP contribution in [0.25, 0.3) is 0 Å². The van der Waals surface area contributed by atoms with Crippen LogP contribution in [0.1, 0.15) is 53.9 Å². The minimum atomic E-state index is -2.02. The molecule has 8 heteroatoms. The molecule has 8 atom stereocenters. The highest BCUT2D eigenvalue weighted by atomic mass is 16.6. The number of rotatable bonds is 6. The van der Waals surface area contributed by atoms with Gasteiger partial charge in [-0.2, -0.15) is 0 Å². The van der Waals surface area contributed by atoms with Gasteiger partial charge in [-0.05, 0) is 33.3 Å². The molecule has 1 heterocycles. The van der Waals surface area contributed by atoms with Crippen LogP contribution in [0, 0.1) is 11.8 Å². The number of unbranched alkanes of at least 4 members (excludes halogenated alkanes) is 1. The first kappa shape index (κ1) is 24.6. The Labute approximate surface area is 166 Å². The predicted octanol–water partition coefficient (Wildman–Crippen LogP) is 0.696. The van der Waals surface area contributed by atoms with Crippen molar-refractivity contribution in [3.8, 4) is 0 Å². The Morgan fingerprint density at radius 2 is 1.89 bits per heavy atom. The second-order valence-corrected chi connectivity index (χ2v) is 7.88. The zero-order valence-corrected chi connectivity index (χ0v) is 17.2. The molecule has 0 aromatic rings. The lowest BCUT2D eigenvalue weighted by Gasteiger charge is -2.39. The summed E-state index contributed by atoms with van der Waals surface area (Å²) < 4.78 is 10.7. The normalized spacial score (nSPS) is 38.2. The van der Waals surface area contributed by atoms with Gasteiger partial charge in [0.25, 0.3) is 0 Å². The van der Waals surface area contributed by atoms with E-state index in [0.717, 1.165) is 18.9 Å². The summed E-state index contributed by atoms with van der Waals surface area (Å²) in [5, 5.41) is 41.3. The zero-order chi connectivity index (χ0) is 21.6. The van der Waals surface area contributed by atoms with Crippen LogP contribution < -0.4 is 0 Å². The number of carbonyl (C=O) groups is 2. The summed E-state index contributed by atoms with van der Waals surface area (Å²) in [6, 6.07) is 0. The van der Waals surface area contributed by atoms with E-state index in [9.17, 15) is 30.0 Å². The van der Waals surface area contributed by atoms with Gasteiger partial charge in [-0.1, -0.05) is 26.7 Å². The summed E-state index contributed by atoms with van der Waals surface area (Å²) in [4.78, 5) is 24.4. The van der Waals surface area contributed by atoms with Crippen LogP contribution >= 0.6 is 0 Å². The number of hydrogen-bond acceptors (Lipinski definition) is 8.